The van der Waals surface area contributed by atoms with Crippen LogP contribution in [0.25, 0.3) is 0 Å². The molecule has 1 fully saturated rings. The molecule has 2 N–H and O–H groups in total. The van der Waals surface area contributed by atoms with Gasteiger partial charge in [-0.3, -0.25) is 10.1 Å². The molecule has 0 aliphatic carbocycles. The molecule has 1 aliphatic rings. The molecule has 0 spiro atoms. The molecule has 2 rings (SSSR count). The van der Waals surface area contributed by atoms with Gasteiger partial charge in [0, 0.05) is 18.0 Å². The van der Waals surface area contributed by atoms with E-state index in [0.717, 1.165) is 0 Å². The third kappa shape index (κ3) is 5.81. The van der Waals surface area contributed by atoms with E-state index in [0.29, 0.717) is 30.2 Å². The van der Waals surface area contributed by atoms with Crippen molar-refractivity contribution >= 4 is 23.6 Å². The molecule has 2 unspecified atom stereocenters. The van der Waals surface area contributed by atoms with Gasteiger partial charge >= 0.3 is 6.09 Å². The topological polar surface area (TPSA) is 76.7 Å². The lowest BCUT2D eigenvalue weighted by Gasteiger charge is -2.29. The number of halogens is 1. The second-order valence-electron chi connectivity index (χ2n) is 7.48. The molecule has 6 nitrogen and oxygen atoms in total. The van der Waals surface area contributed by atoms with Crippen LogP contribution in [0.4, 0.5) is 4.79 Å². The highest BCUT2D eigenvalue weighted by molar-refractivity contribution is 6.30. The van der Waals surface area contributed by atoms with Gasteiger partial charge in [0.1, 0.15) is 11.4 Å². The Balaban J connectivity index is 2.12. The first-order chi connectivity index (χ1) is 11.6. The van der Waals surface area contributed by atoms with Crippen molar-refractivity contribution in [3.05, 3.63) is 29.3 Å². The Morgan fingerprint density at radius 2 is 2.16 bits per heavy atom. The third-order valence-corrected chi connectivity index (χ3v) is 4.13. The van der Waals surface area contributed by atoms with Crippen LogP contribution in [0.2, 0.25) is 5.02 Å². The van der Waals surface area contributed by atoms with Crippen molar-refractivity contribution in [2.24, 2.45) is 5.41 Å². The fourth-order valence-corrected chi connectivity index (χ4v) is 2.83. The molecule has 1 aromatic carbocycles. The number of hydrogen-bond donors (Lipinski definition) is 2. The average Bonchev–Trinajstić information content (AvgIpc) is 2.75. The fraction of sp³-hybridized carbons (Fsp3) is 0.556. The van der Waals surface area contributed by atoms with Crippen LogP contribution in [0.1, 0.15) is 40.5 Å². The van der Waals surface area contributed by atoms with E-state index >= 15 is 0 Å². The number of carbonyl (C=O) groups is 2. The molecule has 0 radical (unpaired) electrons. The predicted molar refractivity (Wildman–Crippen MR) is 95.6 cm³/mol. The Morgan fingerprint density at radius 1 is 1.44 bits per heavy atom. The van der Waals surface area contributed by atoms with Gasteiger partial charge in [-0.15, -0.1) is 0 Å². The van der Waals surface area contributed by atoms with E-state index in [-0.39, 0.29) is 5.91 Å². The Hall–Kier alpha value is -1.95. The molecule has 0 bridgehead atoms. The normalized spacial score (nSPS) is 21.4. The number of ether oxygens (including phenoxy) is 2. The maximum Gasteiger partial charge on any atom is 0.410 e. The second kappa shape index (κ2) is 7.52. The van der Waals surface area contributed by atoms with Crippen LogP contribution in [0, 0.1) is 5.41 Å². The van der Waals surface area contributed by atoms with Crippen molar-refractivity contribution in [3.8, 4) is 5.75 Å². The van der Waals surface area contributed by atoms with Gasteiger partial charge in [-0.1, -0.05) is 24.6 Å². The van der Waals surface area contributed by atoms with E-state index in [1.54, 1.807) is 45.0 Å². The van der Waals surface area contributed by atoms with Crippen molar-refractivity contribution in [2.75, 3.05) is 6.54 Å². The molecule has 0 saturated carbocycles. The molecule has 7 heteroatoms. The maximum atomic E-state index is 12.1. The highest BCUT2D eigenvalue weighted by Crippen LogP contribution is 2.32. The van der Waals surface area contributed by atoms with Crippen LogP contribution in [0.3, 0.4) is 0 Å². The van der Waals surface area contributed by atoms with Gasteiger partial charge in [0.15, 0.2) is 6.23 Å². The van der Waals surface area contributed by atoms with Gasteiger partial charge in [0.05, 0.1) is 5.41 Å². The summed E-state index contributed by atoms with van der Waals surface area (Å²) < 4.78 is 11.2. The largest absolute Gasteiger partial charge is 0.470 e. The summed E-state index contributed by atoms with van der Waals surface area (Å²) in [7, 11) is 0. The third-order valence-electron chi connectivity index (χ3n) is 3.90. The Bertz CT molecular complexity index is 644. The predicted octanol–water partition coefficient (Wildman–Crippen LogP) is 3.49. The second-order valence-corrected chi connectivity index (χ2v) is 7.92. The van der Waals surface area contributed by atoms with Gasteiger partial charge in [-0.05, 0) is 45.4 Å². The standard InChI is InChI=1S/C18H25ClN2O4/c1-17(2,3)25-16(23)21-14(11-18(4)8-9-20-15(18)22)24-13-7-5-6-12(19)10-13/h5-7,10,14H,8-9,11H2,1-4H3,(H,20,22)(H,21,23). The molecule has 25 heavy (non-hydrogen) atoms. The van der Waals surface area contributed by atoms with Gasteiger partial charge < -0.3 is 14.8 Å². The Labute approximate surface area is 153 Å². The number of alkyl carbamates (subject to hydrolysis) is 1. The minimum Gasteiger partial charge on any atom is -0.470 e. The van der Waals surface area contributed by atoms with Crippen molar-refractivity contribution in [1.29, 1.82) is 0 Å². The summed E-state index contributed by atoms with van der Waals surface area (Å²) >= 11 is 5.99. The minimum absolute atomic E-state index is 0.0433. The SMILES string of the molecule is CC(C)(C)OC(=O)NC(CC1(C)CCNC1=O)Oc1cccc(Cl)c1. The lowest BCUT2D eigenvalue weighted by molar-refractivity contribution is -0.128. The lowest BCUT2D eigenvalue weighted by Crippen LogP contribution is -2.46. The zero-order valence-corrected chi connectivity index (χ0v) is 15.8. The van der Waals surface area contributed by atoms with Gasteiger partial charge in [0.25, 0.3) is 0 Å². The first kappa shape index (κ1) is 19.4. The van der Waals surface area contributed by atoms with Crippen LogP contribution in [0.5, 0.6) is 5.75 Å². The number of rotatable bonds is 5. The molecule has 0 aromatic heterocycles. The number of benzene rings is 1. The molecule has 1 heterocycles. The van der Waals surface area contributed by atoms with Crippen LogP contribution in [0.15, 0.2) is 24.3 Å². The van der Waals surface area contributed by atoms with Crippen LogP contribution in [-0.4, -0.2) is 30.4 Å². The van der Waals surface area contributed by atoms with E-state index in [9.17, 15) is 9.59 Å². The highest BCUT2D eigenvalue weighted by Gasteiger charge is 2.41. The van der Waals surface area contributed by atoms with Crippen LogP contribution >= 0.6 is 11.6 Å². The zero-order chi connectivity index (χ0) is 18.7. The van der Waals surface area contributed by atoms with Crippen LogP contribution in [-0.2, 0) is 9.53 Å². The van der Waals surface area contributed by atoms with Gasteiger partial charge in [0.2, 0.25) is 5.91 Å². The fourth-order valence-electron chi connectivity index (χ4n) is 2.65. The highest BCUT2D eigenvalue weighted by atomic mass is 35.5. The van der Waals surface area contributed by atoms with Crippen molar-refractivity contribution in [3.63, 3.8) is 0 Å². The van der Waals surface area contributed by atoms with Crippen molar-refractivity contribution in [1.82, 2.24) is 10.6 Å². The first-order valence-corrected chi connectivity index (χ1v) is 8.65. The van der Waals surface area contributed by atoms with Crippen molar-refractivity contribution < 1.29 is 19.1 Å². The quantitative estimate of drug-likeness (QED) is 0.780. The average molecular weight is 369 g/mol. The monoisotopic (exact) mass is 368 g/mol. The molecule has 1 aliphatic heterocycles. The summed E-state index contributed by atoms with van der Waals surface area (Å²) in [6, 6.07) is 6.89. The maximum absolute atomic E-state index is 12.1. The molecule has 1 saturated heterocycles. The summed E-state index contributed by atoms with van der Waals surface area (Å²) in [6.45, 7) is 7.83. The van der Waals surface area contributed by atoms with Crippen molar-refractivity contribution in [2.45, 2.75) is 52.4 Å². The van der Waals surface area contributed by atoms with E-state index in [1.165, 1.54) is 0 Å². The molecule has 2 amide bonds. The molecule has 2 atom stereocenters. The number of nitrogens with one attached hydrogen (secondary N) is 2. The van der Waals surface area contributed by atoms with E-state index in [2.05, 4.69) is 10.6 Å². The summed E-state index contributed by atoms with van der Waals surface area (Å²) in [4.78, 5) is 24.3. The Kier molecular flexibility index (Phi) is 5.83. The molecular weight excluding hydrogens is 344 g/mol. The summed E-state index contributed by atoms with van der Waals surface area (Å²) in [5, 5.41) is 6.05. The lowest BCUT2D eigenvalue weighted by atomic mass is 9.84. The number of amides is 2. The van der Waals surface area contributed by atoms with Crippen LogP contribution < -0.4 is 15.4 Å². The van der Waals surface area contributed by atoms with Gasteiger partial charge in [-0.25, -0.2) is 4.79 Å². The zero-order valence-electron chi connectivity index (χ0n) is 15.0. The Morgan fingerprint density at radius 3 is 2.72 bits per heavy atom. The van der Waals surface area contributed by atoms with E-state index < -0.39 is 23.3 Å². The summed E-state index contributed by atoms with van der Waals surface area (Å²) in [5.74, 6) is 0.466. The smallest absolute Gasteiger partial charge is 0.410 e. The molecular formula is C18H25ClN2O4. The summed E-state index contributed by atoms with van der Waals surface area (Å²) in [5.41, 5.74) is -1.24. The van der Waals surface area contributed by atoms with E-state index in [4.69, 9.17) is 21.1 Å². The minimum atomic E-state index is -0.720. The number of carbonyl (C=O) groups excluding carboxylic acids is 2. The number of hydrogen-bond acceptors (Lipinski definition) is 4. The first-order valence-electron chi connectivity index (χ1n) is 8.27. The van der Waals surface area contributed by atoms with Gasteiger partial charge in [-0.2, -0.15) is 0 Å². The van der Waals surface area contributed by atoms with E-state index in [1.807, 2.05) is 6.92 Å². The molecule has 1 aromatic rings. The molecule has 138 valence electrons. The summed E-state index contributed by atoms with van der Waals surface area (Å²) in [6.07, 6.45) is -0.314.